The molecule has 0 N–H and O–H groups in total. The maximum absolute atomic E-state index is 15.2. The topological polar surface area (TPSA) is 0 Å². The summed E-state index contributed by atoms with van der Waals surface area (Å²) in [5, 5.41) is 0. The Morgan fingerprint density at radius 3 is 1.55 bits per heavy atom. The Kier molecular flexibility index (Phi) is 10.0. The van der Waals surface area contributed by atoms with Gasteiger partial charge in [0.05, 0.1) is 0 Å². The quantitative estimate of drug-likeness (QED) is 0.291. The molecule has 0 radical (unpaired) electrons. The number of unbranched alkanes of at least 4 members (excludes halogenated alkanes) is 2. The van der Waals surface area contributed by atoms with Crippen molar-refractivity contribution in [1.82, 2.24) is 0 Å². The van der Waals surface area contributed by atoms with Crippen molar-refractivity contribution in [3.8, 4) is 0 Å². The van der Waals surface area contributed by atoms with Crippen molar-refractivity contribution in [3.63, 3.8) is 0 Å². The summed E-state index contributed by atoms with van der Waals surface area (Å²) in [6, 6.07) is 16.1. The average molecular weight is 517 g/mol. The highest BCUT2D eigenvalue weighted by atomic mass is 19.1. The van der Waals surface area contributed by atoms with Crippen LogP contribution in [0.25, 0.3) is 0 Å². The highest BCUT2D eigenvalue weighted by Gasteiger charge is 2.27. The maximum Gasteiger partial charge on any atom is 0.126 e. The van der Waals surface area contributed by atoms with Gasteiger partial charge in [-0.1, -0.05) is 82.3 Å². The second kappa shape index (κ2) is 13.6. The fraction of sp³-hybridized carbons (Fsp3) is 0.676. The van der Waals surface area contributed by atoms with Crippen LogP contribution in [-0.4, -0.2) is 0 Å². The van der Waals surface area contributed by atoms with Crippen LogP contribution in [0.1, 0.15) is 169 Å². The summed E-state index contributed by atoms with van der Waals surface area (Å²) in [5.74, 6) is 4.33. The van der Waals surface area contributed by atoms with E-state index < -0.39 is 0 Å². The standard InChI is InChI=1S/C37H53F/c1-3-5-6-7-28-10-12-29(13-11-28)30-16-18-31(19-17-30)32-20-22-33(23-21-32)35-24-25-36(37(38)26-35)34-14-8-27(4-2)9-15-34/h16-19,24-29,32-34H,3-15,20-23H2,1-2H3. The van der Waals surface area contributed by atoms with Gasteiger partial charge in [0.15, 0.2) is 0 Å². The van der Waals surface area contributed by atoms with E-state index in [1.807, 2.05) is 6.07 Å². The summed E-state index contributed by atoms with van der Waals surface area (Å²) in [6.07, 6.45) is 22.3. The average Bonchev–Trinajstić information content (AvgIpc) is 2.98. The maximum atomic E-state index is 15.2. The Bertz CT molecular complexity index is 966. The third-order valence-electron chi connectivity index (χ3n) is 11.0. The van der Waals surface area contributed by atoms with Crippen LogP contribution < -0.4 is 0 Å². The van der Waals surface area contributed by atoms with E-state index in [2.05, 4.69) is 50.2 Å². The molecule has 1 heteroatoms. The van der Waals surface area contributed by atoms with E-state index in [0.717, 1.165) is 23.3 Å². The van der Waals surface area contributed by atoms with E-state index in [4.69, 9.17) is 0 Å². The fourth-order valence-corrected chi connectivity index (χ4v) is 8.28. The van der Waals surface area contributed by atoms with Crippen molar-refractivity contribution >= 4 is 0 Å². The lowest BCUT2D eigenvalue weighted by Gasteiger charge is -2.31. The minimum Gasteiger partial charge on any atom is -0.207 e. The fourth-order valence-electron chi connectivity index (χ4n) is 8.28. The van der Waals surface area contributed by atoms with Gasteiger partial charge < -0.3 is 0 Å². The molecule has 0 unspecified atom stereocenters. The lowest BCUT2D eigenvalue weighted by Crippen LogP contribution is -2.15. The molecule has 38 heavy (non-hydrogen) atoms. The summed E-state index contributed by atoms with van der Waals surface area (Å²) in [4.78, 5) is 0. The van der Waals surface area contributed by atoms with Gasteiger partial charge in [-0.05, 0) is 141 Å². The van der Waals surface area contributed by atoms with Crippen molar-refractivity contribution in [1.29, 1.82) is 0 Å². The van der Waals surface area contributed by atoms with E-state index >= 15 is 4.39 Å². The monoisotopic (exact) mass is 516 g/mol. The molecule has 0 spiro atoms. The second-order valence-electron chi connectivity index (χ2n) is 13.3. The number of hydrogen-bond acceptors (Lipinski definition) is 0. The Morgan fingerprint density at radius 2 is 1.03 bits per heavy atom. The van der Waals surface area contributed by atoms with Crippen molar-refractivity contribution < 1.29 is 4.39 Å². The van der Waals surface area contributed by atoms with Crippen LogP contribution in [0.5, 0.6) is 0 Å². The van der Waals surface area contributed by atoms with Crippen LogP contribution >= 0.6 is 0 Å². The van der Waals surface area contributed by atoms with Gasteiger partial charge >= 0.3 is 0 Å². The van der Waals surface area contributed by atoms with E-state index in [9.17, 15) is 0 Å². The van der Waals surface area contributed by atoms with Crippen molar-refractivity contribution in [2.24, 2.45) is 11.8 Å². The smallest absolute Gasteiger partial charge is 0.126 e. The predicted molar refractivity (Wildman–Crippen MR) is 161 cm³/mol. The Hall–Kier alpha value is -1.63. The molecule has 3 aliphatic rings. The van der Waals surface area contributed by atoms with Crippen LogP contribution in [0.4, 0.5) is 4.39 Å². The summed E-state index contributed by atoms with van der Waals surface area (Å²) in [6.45, 7) is 4.61. The van der Waals surface area contributed by atoms with Crippen LogP contribution in [-0.2, 0) is 0 Å². The van der Waals surface area contributed by atoms with Gasteiger partial charge in [-0.25, -0.2) is 4.39 Å². The predicted octanol–water partition coefficient (Wildman–Crippen LogP) is 11.8. The molecule has 3 saturated carbocycles. The summed E-state index contributed by atoms with van der Waals surface area (Å²) in [5.41, 5.74) is 5.34. The van der Waals surface area contributed by atoms with E-state index in [1.54, 1.807) is 5.56 Å². The molecule has 3 fully saturated rings. The Morgan fingerprint density at radius 1 is 0.553 bits per heavy atom. The highest BCUT2D eigenvalue weighted by Crippen LogP contribution is 2.43. The van der Waals surface area contributed by atoms with E-state index in [-0.39, 0.29) is 5.82 Å². The molecule has 208 valence electrons. The van der Waals surface area contributed by atoms with Crippen LogP contribution in [0.3, 0.4) is 0 Å². The SMILES string of the molecule is CCCCCC1CCC(c2ccc(C3CCC(c4ccc(C5CCC(CC)CC5)c(F)c4)CC3)cc2)CC1. The molecule has 0 amide bonds. The summed E-state index contributed by atoms with van der Waals surface area (Å²) < 4.78 is 15.2. The van der Waals surface area contributed by atoms with Gasteiger partial charge in [0.1, 0.15) is 5.82 Å². The molecule has 5 rings (SSSR count). The first-order valence-corrected chi connectivity index (χ1v) is 16.5. The first kappa shape index (κ1) is 27.9. The summed E-state index contributed by atoms with van der Waals surface area (Å²) >= 11 is 0. The van der Waals surface area contributed by atoms with Gasteiger partial charge in [0, 0.05) is 0 Å². The van der Waals surface area contributed by atoms with Crippen LogP contribution in [0, 0.1) is 17.7 Å². The first-order chi connectivity index (χ1) is 18.6. The van der Waals surface area contributed by atoms with Gasteiger partial charge in [0.25, 0.3) is 0 Å². The molecule has 0 saturated heterocycles. The third-order valence-corrected chi connectivity index (χ3v) is 11.0. The largest absolute Gasteiger partial charge is 0.207 e. The first-order valence-electron chi connectivity index (χ1n) is 16.5. The van der Waals surface area contributed by atoms with E-state index in [0.29, 0.717) is 17.8 Å². The second-order valence-corrected chi connectivity index (χ2v) is 13.3. The van der Waals surface area contributed by atoms with Gasteiger partial charge in [-0.3, -0.25) is 0 Å². The van der Waals surface area contributed by atoms with Crippen LogP contribution in [0.15, 0.2) is 42.5 Å². The molecule has 0 heterocycles. The molecule has 0 bridgehead atoms. The number of rotatable bonds is 9. The molecule has 3 aliphatic carbocycles. The Labute approximate surface area is 233 Å². The van der Waals surface area contributed by atoms with Gasteiger partial charge in [0.2, 0.25) is 0 Å². The highest BCUT2D eigenvalue weighted by molar-refractivity contribution is 5.32. The normalized spacial score (nSPS) is 30.3. The molecule has 2 aromatic carbocycles. The lowest BCUT2D eigenvalue weighted by molar-refractivity contribution is 0.302. The lowest BCUT2D eigenvalue weighted by atomic mass is 9.74. The summed E-state index contributed by atoms with van der Waals surface area (Å²) in [7, 11) is 0. The zero-order valence-corrected chi connectivity index (χ0v) is 24.4. The number of hydrogen-bond donors (Lipinski definition) is 0. The zero-order chi connectivity index (χ0) is 26.3. The van der Waals surface area contributed by atoms with Crippen molar-refractivity contribution in [2.45, 2.75) is 147 Å². The minimum atomic E-state index is 0.0650. The van der Waals surface area contributed by atoms with Gasteiger partial charge in [-0.2, -0.15) is 0 Å². The van der Waals surface area contributed by atoms with Crippen molar-refractivity contribution in [3.05, 3.63) is 70.5 Å². The molecule has 0 aliphatic heterocycles. The van der Waals surface area contributed by atoms with Crippen molar-refractivity contribution in [2.75, 3.05) is 0 Å². The number of benzene rings is 2. The Balaban J connectivity index is 1.10. The molecule has 0 atom stereocenters. The zero-order valence-electron chi connectivity index (χ0n) is 24.4. The molecular weight excluding hydrogens is 463 g/mol. The third kappa shape index (κ3) is 6.92. The molecular formula is C37H53F. The molecule has 0 nitrogen and oxygen atoms in total. The number of halogens is 1. The molecule has 2 aromatic rings. The molecule has 0 aromatic heterocycles. The van der Waals surface area contributed by atoms with E-state index in [1.165, 1.54) is 120 Å². The minimum absolute atomic E-state index is 0.0650. The van der Waals surface area contributed by atoms with Gasteiger partial charge in [-0.15, -0.1) is 0 Å². The van der Waals surface area contributed by atoms with Crippen LogP contribution in [0.2, 0.25) is 0 Å².